The van der Waals surface area contributed by atoms with Crippen molar-refractivity contribution in [3.05, 3.63) is 16.5 Å². The van der Waals surface area contributed by atoms with Gasteiger partial charge in [0.05, 0.1) is 0 Å². The standard InChI is InChI=1S/C13H20BrNO4S/c1-2-15(10-6-4-3-5-7-10)20(17,18)12-8-11(9-16)19-13(12)14/h8,10,16H,2-7,9H2,1H3. The van der Waals surface area contributed by atoms with Crippen LogP contribution >= 0.6 is 15.9 Å². The van der Waals surface area contributed by atoms with Gasteiger partial charge in [-0.25, -0.2) is 8.42 Å². The van der Waals surface area contributed by atoms with Gasteiger partial charge in [-0.3, -0.25) is 0 Å². The maximum absolute atomic E-state index is 12.8. The Hall–Kier alpha value is -0.370. The van der Waals surface area contributed by atoms with Gasteiger partial charge in [-0.05, 0) is 28.8 Å². The number of nitrogens with zero attached hydrogens (tertiary/aromatic N) is 1. The van der Waals surface area contributed by atoms with Crippen LogP contribution in [0.1, 0.15) is 44.8 Å². The molecule has 20 heavy (non-hydrogen) atoms. The van der Waals surface area contributed by atoms with Crippen molar-refractivity contribution in [1.29, 1.82) is 0 Å². The van der Waals surface area contributed by atoms with Crippen molar-refractivity contribution in [3.8, 4) is 0 Å². The molecule has 0 unspecified atom stereocenters. The number of aliphatic hydroxyl groups is 1. The summed E-state index contributed by atoms with van der Waals surface area (Å²) >= 11 is 3.13. The van der Waals surface area contributed by atoms with Crippen LogP contribution in [0.25, 0.3) is 0 Å². The zero-order valence-corrected chi connectivity index (χ0v) is 13.9. The lowest BCUT2D eigenvalue weighted by Gasteiger charge is -2.32. The van der Waals surface area contributed by atoms with E-state index in [0.717, 1.165) is 25.7 Å². The van der Waals surface area contributed by atoms with Crippen molar-refractivity contribution in [3.63, 3.8) is 0 Å². The van der Waals surface area contributed by atoms with E-state index < -0.39 is 10.0 Å². The molecule has 0 amide bonds. The Bertz CT molecular complexity index is 549. The molecule has 1 heterocycles. The molecule has 1 aromatic rings. The minimum atomic E-state index is -3.59. The minimum Gasteiger partial charge on any atom is -0.450 e. The molecule has 0 radical (unpaired) electrons. The Morgan fingerprint density at radius 1 is 1.40 bits per heavy atom. The third-order valence-corrected chi connectivity index (χ3v) is 6.63. The van der Waals surface area contributed by atoms with Crippen LogP contribution in [0.15, 0.2) is 20.0 Å². The molecule has 0 aromatic carbocycles. The highest BCUT2D eigenvalue weighted by atomic mass is 79.9. The highest BCUT2D eigenvalue weighted by Crippen LogP contribution is 2.32. The van der Waals surface area contributed by atoms with Gasteiger partial charge in [0.15, 0.2) is 4.67 Å². The average molecular weight is 366 g/mol. The molecule has 1 fully saturated rings. The van der Waals surface area contributed by atoms with Gasteiger partial charge in [0.25, 0.3) is 0 Å². The molecule has 1 saturated carbocycles. The fourth-order valence-corrected chi connectivity index (χ4v) is 5.43. The molecule has 0 bridgehead atoms. The average Bonchev–Trinajstić information content (AvgIpc) is 2.82. The number of aliphatic hydroxyl groups excluding tert-OH is 1. The molecule has 0 aliphatic heterocycles. The summed E-state index contributed by atoms with van der Waals surface area (Å²) in [5.41, 5.74) is 0. The van der Waals surface area contributed by atoms with E-state index in [1.807, 2.05) is 6.92 Å². The summed E-state index contributed by atoms with van der Waals surface area (Å²) < 4.78 is 32.4. The maximum atomic E-state index is 12.8. The number of furan rings is 1. The van der Waals surface area contributed by atoms with E-state index in [9.17, 15) is 8.42 Å². The molecular weight excluding hydrogens is 346 g/mol. The van der Waals surface area contributed by atoms with Crippen LogP contribution in [0.4, 0.5) is 0 Å². The van der Waals surface area contributed by atoms with Crippen LogP contribution in [0, 0.1) is 0 Å². The molecule has 0 atom stereocenters. The smallest absolute Gasteiger partial charge is 0.247 e. The predicted molar refractivity (Wildman–Crippen MR) is 78.8 cm³/mol. The van der Waals surface area contributed by atoms with Crippen LogP contribution in [0.5, 0.6) is 0 Å². The summed E-state index contributed by atoms with van der Waals surface area (Å²) in [6, 6.07) is 1.46. The Morgan fingerprint density at radius 2 is 2.05 bits per heavy atom. The molecule has 5 nitrogen and oxygen atoms in total. The number of sulfonamides is 1. The van der Waals surface area contributed by atoms with Gasteiger partial charge >= 0.3 is 0 Å². The first-order valence-electron chi connectivity index (χ1n) is 6.91. The first-order valence-corrected chi connectivity index (χ1v) is 9.15. The van der Waals surface area contributed by atoms with Crippen LogP contribution in [-0.4, -0.2) is 30.4 Å². The normalized spacial score (nSPS) is 17.8. The quantitative estimate of drug-likeness (QED) is 0.870. The monoisotopic (exact) mass is 365 g/mol. The lowest BCUT2D eigenvalue weighted by Crippen LogP contribution is -2.41. The lowest BCUT2D eigenvalue weighted by molar-refractivity contribution is 0.244. The number of rotatable bonds is 5. The third-order valence-electron chi connectivity index (χ3n) is 3.74. The van der Waals surface area contributed by atoms with Crippen LogP contribution < -0.4 is 0 Å². The van der Waals surface area contributed by atoms with Crippen molar-refractivity contribution in [2.75, 3.05) is 6.54 Å². The predicted octanol–water partition coefficient (Wildman–Crippen LogP) is 2.88. The van der Waals surface area contributed by atoms with Gasteiger partial charge < -0.3 is 9.52 Å². The first-order chi connectivity index (χ1) is 9.50. The lowest BCUT2D eigenvalue weighted by atomic mass is 9.95. The minimum absolute atomic E-state index is 0.0677. The zero-order valence-electron chi connectivity index (χ0n) is 11.5. The van der Waals surface area contributed by atoms with E-state index in [2.05, 4.69) is 15.9 Å². The summed E-state index contributed by atoms with van der Waals surface area (Å²) in [6.07, 6.45) is 5.15. The molecule has 0 spiro atoms. The van der Waals surface area contributed by atoms with Gasteiger partial charge in [-0.2, -0.15) is 4.31 Å². The highest BCUT2D eigenvalue weighted by molar-refractivity contribution is 9.10. The summed E-state index contributed by atoms with van der Waals surface area (Å²) in [7, 11) is -3.59. The Labute approximate surface area is 128 Å². The summed E-state index contributed by atoms with van der Waals surface area (Å²) in [4.78, 5) is 0.106. The Morgan fingerprint density at radius 3 is 2.55 bits per heavy atom. The summed E-state index contributed by atoms with van der Waals surface area (Å²) in [5, 5.41) is 9.06. The second-order valence-corrected chi connectivity index (χ2v) is 7.59. The third kappa shape index (κ3) is 3.10. The molecule has 7 heteroatoms. The van der Waals surface area contributed by atoms with Crippen molar-refractivity contribution in [1.82, 2.24) is 4.31 Å². The maximum Gasteiger partial charge on any atom is 0.247 e. The largest absolute Gasteiger partial charge is 0.450 e. The number of hydrogen-bond acceptors (Lipinski definition) is 4. The molecule has 114 valence electrons. The fraction of sp³-hybridized carbons (Fsp3) is 0.692. The number of halogens is 1. The number of hydrogen-bond donors (Lipinski definition) is 1. The van der Waals surface area contributed by atoms with Crippen LogP contribution in [0.2, 0.25) is 0 Å². The second-order valence-electron chi connectivity index (χ2n) is 5.01. The molecule has 2 rings (SSSR count). The van der Waals surface area contributed by atoms with E-state index in [4.69, 9.17) is 9.52 Å². The molecule has 0 saturated heterocycles. The molecule has 1 aliphatic carbocycles. The SMILES string of the molecule is CCN(C1CCCCC1)S(=O)(=O)c1cc(CO)oc1Br. The summed E-state index contributed by atoms with van der Waals surface area (Å²) in [6.45, 7) is 1.98. The highest BCUT2D eigenvalue weighted by Gasteiger charge is 2.34. The van der Waals surface area contributed by atoms with Crippen molar-refractivity contribution < 1.29 is 17.9 Å². The van der Waals surface area contributed by atoms with E-state index >= 15 is 0 Å². The van der Waals surface area contributed by atoms with E-state index in [0.29, 0.717) is 6.54 Å². The van der Waals surface area contributed by atoms with Gasteiger partial charge in [0.1, 0.15) is 17.3 Å². The second kappa shape index (κ2) is 6.60. The Kier molecular flexibility index (Phi) is 5.28. The van der Waals surface area contributed by atoms with Crippen LogP contribution in [-0.2, 0) is 16.6 Å². The van der Waals surface area contributed by atoms with E-state index in [-0.39, 0.29) is 28.0 Å². The van der Waals surface area contributed by atoms with E-state index in [1.54, 1.807) is 4.31 Å². The van der Waals surface area contributed by atoms with Gasteiger partial charge in [-0.1, -0.05) is 26.2 Å². The van der Waals surface area contributed by atoms with Gasteiger partial charge in [0.2, 0.25) is 10.0 Å². The topological polar surface area (TPSA) is 70.8 Å². The Balaban J connectivity index is 2.32. The summed E-state index contributed by atoms with van der Waals surface area (Å²) in [5.74, 6) is 0.246. The van der Waals surface area contributed by atoms with Crippen molar-refractivity contribution >= 4 is 26.0 Å². The van der Waals surface area contributed by atoms with E-state index in [1.165, 1.54) is 12.5 Å². The van der Waals surface area contributed by atoms with Crippen molar-refractivity contribution in [2.24, 2.45) is 0 Å². The molecule has 1 aliphatic rings. The van der Waals surface area contributed by atoms with Gasteiger partial charge in [0, 0.05) is 18.7 Å². The molecule has 1 aromatic heterocycles. The van der Waals surface area contributed by atoms with Crippen molar-refractivity contribution in [2.45, 2.75) is 56.6 Å². The molecule has 1 N–H and O–H groups in total. The molecular formula is C13H20BrNO4S. The first kappa shape index (κ1) is 16.0. The zero-order chi connectivity index (χ0) is 14.8. The van der Waals surface area contributed by atoms with Gasteiger partial charge in [-0.15, -0.1) is 0 Å². The fourth-order valence-electron chi connectivity index (χ4n) is 2.77. The van der Waals surface area contributed by atoms with Crippen LogP contribution in [0.3, 0.4) is 0 Å².